The second-order valence-electron chi connectivity index (χ2n) is 16.6. The molecule has 4 nitrogen and oxygen atoms in total. The fourth-order valence-electron chi connectivity index (χ4n) is 10.3. The average molecular weight is 817 g/mol. The highest BCUT2D eigenvalue weighted by atomic mass is 15.1. The van der Waals surface area contributed by atoms with E-state index in [0.29, 0.717) is 0 Å². The maximum absolute atomic E-state index is 2.43. The van der Waals surface area contributed by atoms with Crippen molar-refractivity contribution >= 4 is 82.5 Å². The fourth-order valence-corrected chi connectivity index (χ4v) is 10.3. The molecular weight excluding hydrogens is 777 g/mol. The zero-order chi connectivity index (χ0) is 42.1. The average Bonchev–Trinajstić information content (AvgIpc) is 4.00. The molecule has 0 amide bonds. The van der Waals surface area contributed by atoms with Gasteiger partial charge in [0.2, 0.25) is 0 Å². The smallest absolute Gasteiger partial charge is 0.0547 e. The van der Waals surface area contributed by atoms with Crippen LogP contribution in [0.4, 0.5) is 17.1 Å². The van der Waals surface area contributed by atoms with Gasteiger partial charge in [-0.05, 0) is 120 Å². The molecule has 10 aromatic carbocycles. The molecule has 0 aliphatic heterocycles. The maximum atomic E-state index is 2.43. The Balaban J connectivity index is 0.975. The van der Waals surface area contributed by atoms with Crippen LogP contribution in [0.1, 0.15) is 0 Å². The van der Waals surface area contributed by atoms with Crippen LogP contribution in [-0.4, -0.2) is 13.7 Å². The van der Waals surface area contributed by atoms with Gasteiger partial charge in [0.15, 0.2) is 0 Å². The van der Waals surface area contributed by atoms with E-state index in [9.17, 15) is 0 Å². The van der Waals surface area contributed by atoms with Gasteiger partial charge in [0.1, 0.15) is 0 Å². The second-order valence-corrected chi connectivity index (χ2v) is 16.6. The molecule has 3 aromatic heterocycles. The van der Waals surface area contributed by atoms with Crippen molar-refractivity contribution in [3.8, 4) is 28.2 Å². The van der Waals surface area contributed by atoms with Crippen molar-refractivity contribution in [2.45, 2.75) is 0 Å². The summed E-state index contributed by atoms with van der Waals surface area (Å²) in [7, 11) is 0. The number of rotatable bonds is 7. The van der Waals surface area contributed by atoms with Gasteiger partial charge in [0, 0.05) is 66.4 Å². The zero-order valence-electron chi connectivity index (χ0n) is 34.9. The molecule has 3 heterocycles. The number of nitrogens with zero attached hydrogens (tertiary/aromatic N) is 4. The molecule has 0 N–H and O–H groups in total. The number of benzene rings is 10. The van der Waals surface area contributed by atoms with Gasteiger partial charge in [-0.1, -0.05) is 133 Å². The minimum absolute atomic E-state index is 1.08. The summed E-state index contributed by atoms with van der Waals surface area (Å²) in [5.74, 6) is 0. The third-order valence-electron chi connectivity index (χ3n) is 13.0. The third-order valence-corrected chi connectivity index (χ3v) is 13.0. The highest BCUT2D eigenvalue weighted by molar-refractivity contribution is 6.17. The predicted molar refractivity (Wildman–Crippen MR) is 270 cm³/mol. The van der Waals surface area contributed by atoms with Gasteiger partial charge in [0.05, 0.1) is 33.1 Å². The van der Waals surface area contributed by atoms with E-state index in [4.69, 9.17) is 0 Å². The Morgan fingerprint density at radius 3 is 1.36 bits per heavy atom. The van der Waals surface area contributed by atoms with Gasteiger partial charge in [0.25, 0.3) is 0 Å². The Bertz CT molecular complexity index is 3890. The lowest BCUT2D eigenvalue weighted by Gasteiger charge is -2.26. The van der Waals surface area contributed by atoms with Crippen molar-refractivity contribution < 1.29 is 0 Å². The largest absolute Gasteiger partial charge is 0.310 e. The molecule has 0 fully saturated rings. The Hall–Kier alpha value is -8.60. The quantitative estimate of drug-likeness (QED) is 0.157. The summed E-state index contributed by atoms with van der Waals surface area (Å²) >= 11 is 0. The van der Waals surface area contributed by atoms with Gasteiger partial charge >= 0.3 is 0 Å². The van der Waals surface area contributed by atoms with Crippen LogP contribution in [0.15, 0.2) is 243 Å². The lowest BCUT2D eigenvalue weighted by Crippen LogP contribution is -2.10. The topological polar surface area (TPSA) is 18.0 Å². The van der Waals surface area contributed by atoms with Crippen LogP contribution in [0.25, 0.3) is 93.6 Å². The molecule has 0 bridgehead atoms. The zero-order valence-corrected chi connectivity index (χ0v) is 34.9. The summed E-state index contributed by atoms with van der Waals surface area (Å²) < 4.78 is 7.20. The molecule has 13 aromatic rings. The first-order valence-corrected chi connectivity index (χ1v) is 21.9. The third kappa shape index (κ3) is 5.56. The standard InChI is InChI=1S/C60H40N4/c1-4-18-42(19-5-1)61(47-35-37-58-53(40-47)50-27-11-13-30-54(50)62(58)43-20-6-2-7-21-43)45-24-16-25-46(39-45)64-55-31-14-10-26-49(55)52-38-41(34-36-57(52)64)48-29-17-33-59-60(48)51-28-12-15-32-56(51)63(59)44-22-8-3-9-23-44/h1-40H. The number of hydrogen-bond acceptors (Lipinski definition) is 1. The number of hydrogen-bond donors (Lipinski definition) is 0. The summed E-state index contributed by atoms with van der Waals surface area (Å²) in [6.07, 6.45) is 0. The highest BCUT2D eigenvalue weighted by Crippen LogP contribution is 2.43. The van der Waals surface area contributed by atoms with Gasteiger partial charge < -0.3 is 18.6 Å². The van der Waals surface area contributed by atoms with E-state index in [-0.39, 0.29) is 0 Å². The Labute approximate surface area is 370 Å². The van der Waals surface area contributed by atoms with E-state index in [1.54, 1.807) is 0 Å². The van der Waals surface area contributed by atoms with Crippen LogP contribution in [-0.2, 0) is 0 Å². The predicted octanol–water partition coefficient (Wildman–Crippen LogP) is 16.1. The summed E-state index contributed by atoms with van der Waals surface area (Å²) in [6.45, 7) is 0. The van der Waals surface area contributed by atoms with E-state index in [0.717, 1.165) is 34.1 Å². The molecule has 0 spiro atoms. The van der Waals surface area contributed by atoms with Crippen molar-refractivity contribution in [1.29, 1.82) is 0 Å². The van der Waals surface area contributed by atoms with Crippen molar-refractivity contribution in [1.82, 2.24) is 13.7 Å². The fraction of sp³-hybridized carbons (Fsp3) is 0. The van der Waals surface area contributed by atoms with Gasteiger partial charge in [-0.2, -0.15) is 0 Å². The molecular formula is C60H40N4. The molecule has 0 aliphatic carbocycles. The molecule has 300 valence electrons. The Morgan fingerprint density at radius 1 is 0.250 bits per heavy atom. The van der Waals surface area contributed by atoms with Crippen LogP contribution >= 0.6 is 0 Å². The molecule has 64 heavy (non-hydrogen) atoms. The highest BCUT2D eigenvalue weighted by Gasteiger charge is 2.21. The van der Waals surface area contributed by atoms with Crippen LogP contribution in [0.3, 0.4) is 0 Å². The molecule has 0 aliphatic rings. The Morgan fingerprint density at radius 2 is 0.688 bits per heavy atom. The normalized spacial score (nSPS) is 11.8. The SMILES string of the molecule is c1ccc(N(c2cccc(-n3c4ccccc4c4cc(-c5cccc6c5c5ccccc5n6-c5ccccc5)ccc43)c2)c2ccc3c(c2)c2ccccc2n3-c2ccccc2)cc1. The molecule has 0 atom stereocenters. The number of aromatic nitrogens is 3. The molecule has 4 heteroatoms. The minimum atomic E-state index is 1.08. The molecule has 0 radical (unpaired) electrons. The van der Waals surface area contributed by atoms with Gasteiger partial charge in [-0.15, -0.1) is 0 Å². The van der Waals surface area contributed by atoms with Crippen LogP contribution in [0.2, 0.25) is 0 Å². The number of anilines is 3. The molecule has 0 saturated heterocycles. The summed E-state index contributed by atoms with van der Waals surface area (Å²) in [4.78, 5) is 2.39. The van der Waals surface area contributed by atoms with E-state index < -0.39 is 0 Å². The van der Waals surface area contributed by atoms with Crippen molar-refractivity contribution in [3.63, 3.8) is 0 Å². The van der Waals surface area contributed by atoms with E-state index in [1.165, 1.54) is 76.5 Å². The summed E-state index contributed by atoms with van der Waals surface area (Å²) in [5.41, 5.74) is 16.2. The van der Waals surface area contributed by atoms with Crippen molar-refractivity contribution in [2.75, 3.05) is 4.90 Å². The van der Waals surface area contributed by atoms with E-state index in [1.807, 2.05) is 0 Å². The van der Waals surface area contributed by atoms with E-state index in [2.05, 4.69) is 261 Å². The van der Waals surface area contributed by atoms with Gasteiger partial charge in [-0.25, -0.2) is 0 Å². The van der Waals surface area contributed by atoms with E-state index >= 15 is 0 Å². The maximum Gasteiger partial charge on any atom is 0.0547 e. The lowest BCUT2D eigenvalue weighted by molar-refractivity contribution is 1.17. The first kappa shape index (κ1) is 36.1. The molecule has 0 unspecified atom stereocenters. The van der Waals surface area contributed by atoms with Crippen LogP contribution in [0.5, 0.6) is 0 Å². The number of fused-ring (bicyclic) bond motifs is 9. The van der Waals surface area contributed by atoms with Crippen molar-refractivity contribution in [3.05, 3.63) is 243 Å². The second kappa shape index (κ2) is 14.5. The number of para-hydroxylation sites is 6. The van der Waals surface area contributed by atoms with Crippen LogP contribution < -0.4 is 4.90 Å². The summed E-state index contributed by atoms with van der Waals surface area (Å²) in [5, 5.41) is 7.41. The lowest BCUT2D eigenvalue weighted by atomic mass is 9.98. The van der Waals surface area contributed by atoms with Crippen molar-refractivity contribution in [2.24, 2.45) is 0 Å². The summed E-state index contributed by atoms with van der Waals surface area (Å²) in [6, 6.07) is 88.1. The Kier molecular flexibility index (Phi) is 8.18. The first-order valence-electron chi connectivity index (χ1n) is 21.9. The van der Waals surface area contributed by atoms with Gasteiger partial charge in [-0.3, -0.25) is 0 Å². The minimum Gasteiger partial charge on any atom is -0.310 e. The molecule has 13 rings (SSSR count). The molecule has 0 saturated carbocycles. The van der Waals surface area contributed by atoms with Crippen LogP contribution in [0, 0.1) is 0 Å². The monoisotopic (exact) mass is 816 g/mol. The first-order chi connectivity index (χ1) is 31.8.